The fraction of sp³-hybridized carbons (Fsp3) is 0.214. The summed E-state index contributed by atoms with van der Waals surface area (Å²) in [6.07, 6.45) is 0.446. The van der Waals surface area contributed by atoms with Crippen molar-refractivity contribution in [1.29, 1.82) is 0 Å². The lowest BCUT2D eigenvalue weighted by Gasteiger charge is -2.47. The summed E-state index contributed by atoms with van der Waals surface area (Å²) in [6.45, 7) is 0.232. The van der Waals surface area contributed by atoms with Gasteiger partial charge in [-0.1, -0.05) is 59.6 Å². The molecule has 2 atom stereocenters. The Morgan fingerprint density at radius 3 is 2.56 bits per heavy atom. The van der Waals surface area contributed by atoms with Gasteiger partial charge in [-0.3, -0.25) is 9.59 Å². The van der Waals surface area contributed by atoms with Gasteiger partial charge in [0.1, 0.15) is 18.3 Å². The Hall–Kier alpha value is -3.48. The number of nitrogens with zero attached hydrogens (tertiary/aromatic N) is 2. The second-order valence-corrected chi connectivity index (χ2v) is 10.0. The third kappa shape index (κ3) is 3.72. The van der Waals surface area contributed by atoms with Crippen LogP contribution in [0, 0.1) is 0 Å². The van der Waals surface area contributed by atoms with E-state index in [2.05, 4.69) is 11.1 Å². The summed E-state index contributed by atoms with van der Waals surface area (Å²) in [5.74, 6) is 0.542. The number of H-pyrrole nitrogens is 1. The van der Waals surface area contributed by atoms with Gasteiger partial charge in [0.25, 0.3) is 0 Å². The van der Waals surface area contributed by atoms with Gasteiger partial charge in [-0.25, -0.2) is 0 Å². The number of amides is 2. The molecule has 2 amide bonds. The number of benzene rings is 3. The molecular formula is C28H23Cl2N3O3. The number of carbonyl (C=O) groups excluding carboxylic acids is 2. The predicted octanol–water partition coefficient (Wildman–Crippen LogP) is 5.37. The van der Waals surface area contributed by atoms with E-state index in [1.54, 1.807) is 35.1 Å². The van der Waals surface area contributed by atoms with Crippen LogP contribution in [0.4, 0.5) is 0 Å². The molecule has 0 saturated carbocycles. The highest BCUT2D eigenvalue weighted by molar-refractivity contribution is 6.35. The first-order valence-electron chi connectivity index (χ1n) is 11.7. The Morgan fingerprint density at radius 1 is 1.03 bits per heavy atom. The van der Waals surface area contributed by atoms with E-state index < -0.39 is 12.1 Å². The molecule has 0 bridgehead atoms. The molecule has 4 aromatic rings. The molecule has 182 valence electrons. The van der Waals surface area contributed by atoms with Crippen molar-refractivity contribution in [3.63, 3.8) is 0 Å². The van der Waals surface area contributed by atoms with E-state index in [0.717, 1.165) is 39.0 Å². The number of rotatable bonds is 4. The summed E-state index contributed by atoms with van der Waals surface area (Å²) < 4.78 is 5.34. The Morgan fingerprint density at radius 2 is 1.81 bits per heavy atom. The van der Waals surface area contributed by atoms with Crippen LogP contribution in [-0.2, 0) is 22.6 Å². The molecule has 3 aromatic carbocycles. The van der Waals surface area contributed by atoms with Crippen LogP contribution in [0.15, 0.2) is 66.7 Å². The number of para-hydroxylation sites is 1. The van der Waals surface area contributed by atoms with Crippen molar-refractivity contribution in [2.75, 3.05) is 13.7 Å². The molecule has 0 aliphatic carbocycles. The van der Waals surface area contributed by atoms with Crippen molar-refractivity contribution in [2.24, 2.45) is 0 Å². The van der Waals surface area contributed by atoms with Gasteiger partial charge in [0.15, 0.2) is 0 Å². The van der Waals surface area contributed by atoms with Crippen LogP contribution in [0.3, 0.4) is 0 Å². The Bertz CT molecular complexity index is 1500. The monoisotopic (exact) mass is 519 g/mol. The largest absolute Gasteiger partial charge is 0.497 e. The second-order valence-electron chi connectivity index (χ2n) is 9.19. The number of ether oxygens (including phenoxy) is 1. The average molecular weight is 520 g/mol. The highest BCUT2D eigenvalue weighted by Gasteiger charge is 2.48. The smallest absolute Gasteiger partial charge is 0.246 e. The van der Waals surface area contributed by atoms with E-state index in [-0.39, 0.29) is 24.9 Å². The van der Waals surface area contributed by atoms with Gasteiger partial charge < -0.3 is 19.5 Å². The average Bonchev–Trinajstić information content (AvgIpc) is 3.26. The predicted molar refractivity (Wildman–Crippen MR) is 139 cm³/mol. The molecule has 0 unspecified atom stereocenters. The number of methoxy groups -OCH3 is 1. The summed E-state index contributed by atoms with van der Waals surface area (Å²) >= 11 is 12.4. The molecule has 1 N–H and O–H groups in total. The first-order chi connectivity index (χ1) is 17.4. The highest BCUT2D eigenvalue weighted by atomic mass is 35.5. The molecule has 0 radical (unpaired) electrons. The van der Waals surface area contributed by atoms with Crippen molar-refractivity contribution in [1.82, 2.24) is 14.8 Å². The van der Waals surface area contributed by atoms with Crippen LogP contribution in [0.2, 0.25) is 10.0 Å². The van der Waals surface area contributed by atoms with E-state index in [1.807, 2.05) is 42.5 Å². The van der Waals surface area contributed by atoms with Gasteiger partial charge in [0.05, 0.1) is 13.2 Å². The van der Waals surface area contributed by atoms with E-state index >= 15 is 0 Å². The van der Waals surface area contributed by atoms with Crippen LogP contribution in [-0.4, -0.2) is 46.3 Å². The van der Waals surface area contributed by atoms with E-state index in [1.165, 1.54) is 0 Å². The third-order valence-electron chi connectivity index (χ3n) is 7.15. The summed E-state index contributed by atoms with van der Waals surface area (Å²) in [4.78, 5) is 34.4. The third-order valence-corrected chi connectivity index (χ3v) is 7.74. The maximum Gasteiger partial charge on any atom is 0.246 e. The molecule has 1 aromatic heterocycles. The number of halogens is 2. The van der Waals surface area contributed by atoms with Crippen LogP contribution in [0.25, 0.3) is 10.9 Å². The minimum atomic E-state index is -0.615. The van der Waals surface area contributed by atoms with Crippen LogP contribution < -0.4 is 4.74 Å². The van der Waals surface area contributed by atoms with E-state index in [9.17, 15) is 9.59 Å². The lowest BCUT2D eigenvalue weighted by atomic mass is 9.86. The first kappa shape index (κ1) is 23.0. The number of aromatic amines is 1. The van der Waals surface area contributed by atoms with Gasteiger partial charge in [0.2, 0.25) is 11.8 Å². The van der Waals surface area contributed by atoms with Crippen molar-refractivity contribution >= 4 is 45.9 Å². The fourth-order valence-corrected chi connectivity index (χ4v) is 5.91. The van der Waals surface area contributed by atoms with Crippen LogP contribution in [0.5, 0.6) is 5.75 Å². The van der Waals surface area contributed by atoms with E-state index in [0.29, 0.717) is 16.5 Å². The summed E-state index contributed by atoms with van der Waals surface area (Å²) in [5.41, 5.74) is 4.69. The molecular weight excluding hydrogens is 497 g/mol. The van der Waals surface area contributed by atoms with Crippen molar-refractivity contribution < 1.29 is 14.3 Å². The zero-order chi connectivity index (χ0) is 25.0. The number of aromatic nitrogens is 1. The molecule has 2 aliphatic rings. The number of carbonyl (C=O) groups is 2. The Kier molecular flexibility index (Phi) is 5.66. The quantitative estimate of drug-likeness (QED) is 0.394. The topological polar surface area (TPSA) is 65.6 Å². The number of nitrogens with one attached hydrogen (secondary N) is 1. The lowest BCUT2D eigenvalue weighted by Crippen LogP contribution is -2.62. The molecule has 6 nitrogen and oxygen atoms in total. The minimum absolute atomic E-state index is 0.0174. The summed E-state index contributed by atoms with van der Waals surface area (Å²) in [7, 11) is 1.62. The van der Waals surface area contributed by atoms with Gasteiger partial charge in [-0.2, -0.15) is 0 Å². The molecule has 1 saturated heterocycles. The number of fused-ring (bicyclic) bond motifs is 4. The number of hydrogen-bond donors (Lipinski definition) is 1. The van der Waals surface area contributed by atoms with Gasteiger partial charge in [-0.05, 0) is 47.0 Å². The fourth-order valence-electron chi connectivity index (χ4n) is 5.45. The molecule has 8 heteroatoms. The van der Waals surface area contributed by atoms with Gasteiger partial charge in [-0.15, -0.1) is 0 Å². The number of hydrogen-bond acceptors (Lipinski definition) is 3. The maximum absolute atomic E-state index is 13.9. The molecule has 2 aliphatic heterocycles. The standard InChI is InChI=1S/C28H23Cl2N3O3/c1-36-19-10-7-16(8-11-19)27-26-21(20-4-2-3-5-23(20)31-26)13-24-28(35)32(15-25(34)33(24)27)14-17-6-9-18(29)12-22(17)30/h2-12,24,27,31H,13-15H2,1H3/t24-,27-/m0/s1. The summed E-state index contributed by atoms with van der Waals surface area (Å²) in [5, 5.41) is 2.07. The summed E-state index contributed by atoms with van der Waals surface area (Å²) in [6, 6.07) is 19.9. The van der Waals surface area contributed by atoms with E-state index in [4.69, 9.17) is 27.9 Å². The Balaban J connectivity index is 1.43. The lowest BCUT2D eigenvalue weighted by molar-refractivity contribution is -0.159. The molecule has 0 spiro atoms. The van der Waals surface area contributed by atoms with Gasteiger partial charge in [0, 0.05) is 39.6 Å². The van der Waals surface area contributed by atoms with Crippen molar-refractivity contribution in [3.8, 4) is 5.75 Å². The second kappa shape index (κ2) is 8.87. The maximum atomic E-state index is 13.9. The molecule has 36 heavy (non-hydrogen) atoms. The highest BCUT2D eigenvalue weighted by Crippen LogP contribution is 2.43. The normalized spacial score (nSPS) is 19.4. The van der Waals surface area contributed by atoms with Crippen LogP contribution in [0.1, 0.15) is 28.4 Å². The first-order valence-corrected chi connectivity index (χ1v) is 12.5. The van der Waals surface area contributed by atoms with Crippen LogP contribution >= 0.6 is 23.2 Å². The van der Waals surface area contributed by atoms with Crippen molar-refractivity contribution in [2.45, 2.75) is 25.0 Å². The van der Waals surface area contributed by atoms with Gasteiger partial charge >= 0.3 is 0 Å². The van der Waals surface area contributed by atoms with Crippen molar-refractivity contribution in [3.05, 3.63) is 99.2 Å². The molecule has 1 fully saturated rings. The Labute approximate surface area is 218 Å². The molecule has 3 heterocycles. The SMILES string of the molecule is COc1ccc([C@H]2c3[nH]c4ccccc4c3C[C@H]3C(=O)N(Cc4ccc(Cl)cc4Cl)CC(=O)N23)cc1. The minimum Gasteiger partial charge on any atom is -0.497 e. The zero-order valence-electron chi connectivity index (χ0n) is 19.5. The number of piperazine rings is 1. The zero-order valence-corrected chi connectivity index (χ0v) is 21.0. The molecule has 6 rings (SSSR count).